The Balaban J connectivity index is 1.67. The van der Waals surface area contributed by atoms with Crippen molar-refractivity contribution in [3.8, 4) is 0 Å². The van der Waals surface area contributed by atoms with Crippen molar-refractivity contribution < 1.29 is 9.53 Å². The number of carbonyl (C=O) groups excluding carboxylic acids is 1. The van der Waals surface area contributed by atoms with Gasteiger partial charge in [0.05, 0.1) is 18.4 Å². The summed E-state index contributed by atoms with van der Waals surface area (Å²) in [7, 11) is 1.92. The number of amides is 1. The van der Waals surface area contributed by atoms with Gasteiger partial charge in [-0.3, -0.25) is 9.48 Å². The lowest BCUT2D eigenvalue weighted by atomic mass is 10.1. The van der Waals surface area contributed by atoms with Crippen molar-refractivity contribution in [2.24, 2.45) is 7.05 Å². The zero-order chi connectivity index (χ0) is 15.2. The number of aryl methyl sites for hydroxylation is 2. The second-order valence-corrected chi connectivity index (χ2v) is 5.62. The molecule has 1 aromatic rings. The molecule has 1 saturated heterocycles. The van der Waals surface area contributed by atoms with Crippen LogP contribution in [0.1, 0.15) is 36.2 Å². The summed E-state index contributed by atoms with van der Waals surface area (Å²) in [6.07, 6.45) is 2.80. The number of hydrogen-bond donors (Lipinski definition) is 2. The Morgan fingerprint density at radius 2 is 2.14 bits per heavy atom. The third-order valence-electron chi connectivity index (χ3n) is 4.09. The van der Waals surface area contributed by atoms with E-state index in [1.54, 1.807) is 0 Å². The molecule has 21 heavy (non-hydrogen) atoms. The van der Waals surface area contributed by atoms with Gasteiger partial charge in [0, 0.05) is 31.3 Å². The molecule has 2 heterocycles. The molecule has 0 radical (unpaired) electrons. The molecule has 2 rings (SSSR count). The van der Waals surface area contributed by atoms with Gasteiger partial charge in [0.15, 0.2) is 0 Å². The first-order chi connectivity index (χ1) is 10.1. The molecule has 0 aromatic carbocycles. The van der Waals surface area contributed by atoms with E-state index in [0.29, 0.717) is 25.7 Å². The molecule has 2 N–H and O–H groups in total. The normalized spacial score (nSPS) is 16.1. The monoisotopic (exact) mass is 294 g/mol. The molecule has 0 bridgehead atoms. The molecule has 0 saturated carbocycles. The quantitative estimate of drug-likeness (QED) is 0.815. The number of piperidine rings is 1. The van der Waals surface area contributed by atoms with Gasteiger partial charge in [-0.25, -0.2) is 0 Å². The lowest BCUT2D eigenvalue weighted by Gasteiger charge is -2.22. The van der Waals surface area contributed by atoms with Gasteiger partial charge in [0.2, 0.25) is 5.91 Å². The minimum absolute atomic E-state index is 0.0339. The first-order valence-electron chi connectivity index (χ1n) is 7.66. The van der Waals surface area contributed by atoms with Crippen LogP contribution in [0.25, 0.3) is 0 Å². The maximum atomic E-state index is 11.9. The third kappa shape index (κ3) is 4.54. The minimum Gasteiger partial charge on any atom is -0.378 e. The molecule has 1 aliphatic heterocycles. The molecule has 1 amide bonds. The van der Waals surface area contributed by atoms with Crippen LogP contribution < -0.4 is 10.6 Å². The minimum atomic E-state index is 0.0339. The Kier molecular flexibility index (Phi) is 5.76. The number of carbonyl (C=O) groups is 1. The molecule has 1 aliphatic rings. The molecular weight excluding hydrogens is 268 g/mol. The number of ether oxygens (including phenoxy) is 1. The van der Waals surface area contributed by atoms with Crippen LogP contribution in [-0.2, 0) is 23.1 Å². The summed E-state index contributed by atoms with van der Waals surface area (Å²) in [5.41, 5.74) is 3.17. The van der Waals surface area contributed by atoms with Gasteiger partial charge in [-0.1, -0.05) is 0 Å². The predicted octanol–water partition coefficient (Wildman–Crippen LogP) is 0.812. The van der Waals surface area contributed by atoms with Crippen molar-refractivity contribution in [2.45, 2.75) is 45.8 Å². The Morgan fingerprint density at radius 3 is 2.76 bits per heavy atom. The molecular formula is C15H26N4O2. The molecule has 6 heteroatoms. The Labute approximate surface area is 126 Å². The molecule has 1 aromatic heterocycles. The van der Waals surface area contributed by atoms with Crippen LogP contribution >= 0.6 is 0 Å². The molecule has 0 aliphatic carbocycles. The van der Waals surface area contributed by atoms with Gasteiger partial charge >= 0.3 is 0 Å². The highest BCUT2D eigenvalue weighted by molar-refractivity contribution is 5.76. The van der Waals surface area contributed by atoms with E-state index in [2.05, 4.69) is 15.7 Å². The van der Waals surface area contributed by atoms with Gasteiger partial charge in [-0.2, -0.15) is 5.10 Å². The Hall–Kier alpha value is -1.40. The first-order valence-corrected chi connectivity index (χ1v) is 7.66. The predicted molar refractivity (Wildman–Crippen MR) is 81.0 cm³/mol. The van der Waals surface area contributed by atoms with Crippen LogP contribution in [0.15, 0.2) is 0 Å². The van der Waals surface area contributed by atoms with Crippen molar-refractivity contribution >= 4 is 5.91 Å². The second-order valence-electron chi connectivity index (χ2n) is 5.62. The van der Waals surface area contributed by atoms with Gasteiger partial charge in [0.1, 0.15) is 0 Å². The second kappa shape index (κ2) is 7.56. The fourth-order valence-electron chi connectivity index (χ4n) is 2.63. The fourth-order valence-corrected chi connectivity index (χ4v) is 2.63. The van der Waals surface area contributed by atoms with Crippen LogP contribution in [-0.4, -0.2) is 41.5 Å². The lowest BCUT2D eigenvalue weighted by Crippen LogP contribution is -2.33. The number of aromatic nitrogens is 2. The average molecular weight is 294 g/mol. The summed E-state index contributed by atoms with van der Waals surface area (Å²) < 4.78 is 7.58. The summed E-state index contributed by atoms with van der Waals surface area (Å²) in [5, 5.41) is 10.6. The van der Waals surface area contributed by atoms with Gasteiger partial charge in [-0.05, 0) is 39.8 Å². The standard InChI is InChI=1S/C15H26N4O2/c1-11-14(12(2)19(3)18-11)10-17-15(20)6-9-21-13-4-7-16-8-5-13/h13,16H,4-10H2,1-3H3,(H,17,20). The molecule has 0 unspecified atom stereocenters. The van der Waals surface area contributed by atoms with E-state index in [4.69, 9.17) is 4.74 Å². The van der Waals surface area contributed by atoms with Crippen LogP contribution in [0.2, 0.25) is 0 Å². The zero-order valence-corrected chi connectivity index (χ0v) is 13.2. The largest absolute Gasteiger partial charge is 0.378 e. The smallest absolute Gasteiger partial charge is 0.222 e. The maximum absolute atomic E-state index is 11.9. The molecule has 0 atom stereocenters. The maximum Gasteiger partial charge on any atom is 0.222 e. The summed E-state index contributed by atoms with van der Waals surface area (Å²) in [5.74, 6) is 0.0339. The van der Waals surface area contributed by atoms with E-state index >= 15 is 0 Å². The highest BCUT2D eigenvalue weighted by atomic mass is 16.5. The number of nitrogens with zero attached hydrogens (tertiary/aromatic N) is 2. The van der Waals surface area contributed by atoms with E-state index in [1.165, 1.54) is 0 Å². The first kappa shape index (κ1) is 16.0. The molecule has 6 nitrogen and oxygen atoms in total. The van der Waals surface area contributed by atoms with Crippen molar-refractivity contribution in [3.63, 3.8) is 0 Å². The lowest BCUT2D eigenvalue weighted by molar-refractivity contribution is -0.122. The number of hydrogen-bond acceptors (Lipinski definition) is 4. The summed E-state index contributed by atoms with van der Waals surface area (Å²) in [4.78, 5) is 11.9. The van der Waals surface area contributed by atoms with E-state index < -0.39 is 0 Å². The zero-order valence-electron chi connectivity index (χ0n) is 13.2. The molecule has 0 spiro atoms. The van der Waals surface area contributed by atoms with Crippen LogP contribution in [0.4, 0.5) is 0 Å². The number of rotatable bonds is 6. The van der Waals surface area contributed by atoms with Crippen LogP contribution in [0.3, 0.4) is 0 Å². The SMILES string of the molecule is Cc1nn(C)c(C)c1CNC(=O)CCOC1CCNCC1. The Morgan fingerprint density at radius 1 is 1.43 bits per heavy atom. The average Bonchev–Trinajstić information content (AvgIpc) is 2.71. The van der Waals surface area contributed by atoms with E-state index in [0.717, 1.165) is 42.9 Å². The van der Waals surface area contributed by atoms with Crippen LogP contribution in [0.5, 0.6) is 0 Å². The van der Waals surface area contributed by atoms with E-state index in [-0.39, 0.29) is 5.91 Å². The fraction of sp³-hybridized carbons (Fsp3) is 0.733. The van der Waals surface area contributed by atoms with Crippen molar-refractivity contribution in [2.75, 3.05) is 19.7 Å². The van der Waals surface area contributed by atoms with E-state index in [9.17, 15) is 4.79 Å². The Bertz CT molecular complexity index is 478. The van der Waals surface area contributed by atoms with Crippen molar-refractivity contribution in [3.05, 3.63) is 17.0 Å². The summed E-state index contributed by atoms with van der Waals surface area (Å²) >= 11 is 0. The summed E-state index contributed by atoms with van der Waals surface area (Å²) in [6.45, 7) is 7.04. The van der Waals surface area contributed by atoms with Crippen molar-refractivity contribution in [1.29, 1.82) is 0 Å². The van der Waals surface area contributed by atoms with E-state index in [1.807, 2.05) is 25.6 Å². The highest BCUT2D eigenvalue weighted by Crippen LogP contribution is 2.11. The van der Waals surface area contributed by atoms with Crippen LogP contribution in [0, 0.1) is 13.8 Å². The topological polar surface area (TPSA) is 68.2 Å². The highest BCUT2D eigenvalue weighted by Gasteiger charge is 2.14. The van der Waals surface area contributed by atoms with Gasteiger partial charge < -0.3 is 15.4 Å². The number of nitrogens with one attached hydrogen (secondary N) is 2. The van der Waals surface area contributed by atoms with Gasteiger partial charge in [0.25, 0.3) is 0 Å². The molecule has 118 valence electrons. The summed E-state index contributed by atoms with van der Waals surface area (Å²) in [6, 6.07) is 0. The molecule has 1 fully saturated rings. The van der Waals surface area contributed by atoms with Crippen molar-refractivity contribution in [1.82, 2.24) is 20.4 Å². The van der Waals surface area contributed by atoms with Gasteiger partial charge in [-0.15, -0.1) is 0 Å². The third-order valence-corrected chi connectivity index (χ3v) is 4.09.